The number of benzene rings is 2. The van der Waals surface area contributed by atoms with E-state index in [1.807, 2.05) is 12.1 Å². The Balaban J connectivity index is 1.93. The Morgan fingerprint density at radius 1 is 1.29 bits per heavy atom. The van der Waals surface area contributed by atoms with E-state index in [1.165, 1.54) is 11.6 Å². The highest BCUT2D eigenvalue weighted by Crippen LogP contribution is 2.50. The molecule has 0 saturated heterocycles. The van der Waals surface area contributed by atoms with E-state index >= 15 is 0 Å². The number of hydrogen-bond donors (Lipinski definition) is 1. The predicted octanol–water partition coefficient (Wildman–Crippen LogP) is 1.35. The lowest BCUT2D eigenvalue weighted by atomic mass is 9.77. The molecule has 4 rings (SSSR count). The quantitative estimate of drug-likeness (QED) is 0.826. The molecule has 2 aromatic carbocycles. The normalized spacial score (nSPS) is 21.5. The van der Waals surface area contributed by atoms with Gasteiger partial charge >= 0.3 is 7.82 Å². The van der Waals surface area contributed by atoms with Crippen molar-refractivity contribution in [1.82, 2.24) is 4.90 Å². The third-order valence-electron chi connectivity index (χ3n) is 4.90. The zero-order valence-electron chi connectivity index (χ0n) is 13.1. The first-order valence-corrected chi connectivity index (χ1v) is 9.23. The SMILES string of the molecule is CN1CCc2cccc3c2C1Cc1ccc(OP(=O)([O-])O)c([O-])c1-3. The number of fused-ring (bicyclic) bond motifs is 2. The van der Waals surface area contributed by atoms with Crippen LogP contribution < -0.4 is 14.5 Å². The van der Waals surface area contributed by atoms with Crippen molar-refractivity contribution in [1.29, 1.82) is 0 Å². The number of likely N-dealkylation sites (N-methyl/N-ethyl adjacent to an activating group) is 1. The molecule has 0 fully saturated rings. The van der Waals surface area contributed by atoms with Crippen LogP contribution in [0.25, 0.3) is 11.1 Å². The molecule has 24 heavy (non-hydrogen) atoms. The first-order chi connectivity index (χ1) is 11.3. The van der Waals surface area contributed by atoms with Crippen LogP contribution >= 0.6 is 7.82 Å². The third-order valence-corrected chi connectivity index (χ3v) is 5.33. The van der Waals surface area contributed by atoms with Gasteiger partial charge in [-0.25, -0.2) is 0 Å². The molecule has 6 nitrogen and oxygen atoms in total. The van der Waals surface area contributed by atoms with Crippen molar-refractivity contribution >= 4 is 7.82 Å². The van der Waals surface area contributed by atoms with Crippen LogP contribution in [-0.4, -0.2) is 23.4 Å². The van der Waals surface area contributed by atoms with E-state index in [0.29, 0.717) is 12.0 Å². The van der Waals surface area contributed by atoms with Crippen molar-refractivity contribution < 1.29 is 24.0 Å². The molecule has 0 saturated carbocycles. The van der Waals surface area contributed by atoms with Crippen LogP contribution in [0.2, 0.25) is 0 Å². The van der Waals surface area contributed by atoms with Crippen LogP contribution in [0.15, 0.2) is 30.3 Å². The Kier molecular flexibility index (Phi) is 3.48. The molecule has 1 heterocycles. The number of phosphoric ester groups is 1. The number of nitrogens with zero attached hydrogens (tertiary/aromatic N) is 1. The second-order valence-corrected chi connectivity index (χ2v) is 7.44. The van der Waals surface area contributed by atoms with Crippen LogP contribution in [-0.2, 0) is 17.4 Å². The minimum absolute atomic E-state index is 0.215. The molecule has 0 spiro atoms. The summed E-state index contributed by atoms with van der Waals surface area (Å²) in [4.78, 5) is 22.2. The number of rotatable bonds is 2. The molecule has 1 N–H and O–H groups in total. The van der Waals surface area contributed by atoms with Gasteiger partial charge in [0.15, 0.2) is 0 Å². The van der Waals surface area contributed by atoms with Gasteiger partial charge in [-0.15, -0.1) is 0 Å². The van der Waals surface area contributed by atoms with Gasteiger partial charge in [0.25, 0.3) is 0 Å². The van der Waals surface area contributed by atoms with Crippen LogP contribution in [0.5, 0.6) is 11.5 Å². The van der Waals surface area contributed by atoms with Gasteiger partial charge in [-0.3, -0.25) is 9.46 Å². The fourth-order valence-corrected chi connectivity index (χ4v) is 4.24. The molecule has 0 radical (unpaired) electrons. The maximum atomic E-state index is 12.8. The van der Waals surface area contributed by atoms with Gasteiger partial charge in [0.1, 0.15) is 5.75 Å². The van der Waals surface area contributed by atoms with Crippen molar-refractivity contribution in [2.24, 2.45) is 0 Å². The van der Waals surface area contributed by atoms with Gasteiger partial charge in [0, 0.05) is 12.6 Å². The lowest BCUT2D eigenvalue weighted by molar-refractivity contribution is -0.270. The van der Waals surface area contributed by atoms with E-state index in [9.17, 15) is 14.6 Å². The fourth-order valence-electron chi connectivity index (χ4n) is 3.85. The monoisotopic (exact) mass is 345 g/mol. The molecule has 1 aliphatic carbocycles. The largest absolute Gasteiger partial charge is 0.870 e. The molecule has 2 atom stereocenters. The van der Waals surface area contributed by atoms with Crippen LogP contribution in [0.3, 0.4) is 0 Å². The maximum absolute atomic E-state index is 12.8. The molecule has 2 aliphatic rings. The average molecular weight is 345 g/mol. The summed E-state index contributed by atoms with van der Waals surface area (Å²) in [7, 11) is -2.95. The van der Waals surface area contributed by atoms with E-state index < -0.39 is 13.6 Å². The predicted molar refractivity (Wildman–Crippen MR) is 84.6 cm³/mol. The van der Waals surface area contributed by atoms with Gasteiger partial charge in [-0.1, -0.05) is 30.0 Å². The van der Waals surface area contributed by atoms with Crippen molar-refractivity contribution in [2.45, 2.75) is 18.9 Å². The van der Waals surface area contributed by atoms with Gasteiger partial charge in [0.05, 0.1) is 0 Å². The summed E-state index contributed by atoms with van der Waals surface area (Å²) in [6.07, 6.45) is 1.61. The first kappa shape index (κ1) is 15.7. The molecule has 126 valence electrons. The molecular formula is C17H16NO5P-2. The van der Waals surface area contributed by atoms with Gasteiger partial charge in [0.2, 0.25) is 0 Å². The van der Waals surface area contributed by atoms with Crippen molar-refractivity contribution in [2.75, 3.05) is 13.6 Å². The molecule has 7 heteroatoms. The first-order valence-electron chi connectivity index (χ1n) is 7.74. The highest BCUT2D eigenvalue weighted by atomic mass is 31.2. The third kappa shape index (κ3) is 2.43. The van der Waals surface area contributed by atoms with E-state index in [1.54, 1.807) is 6.07 Å². The summed E-state index contributed by atoms with van der Waals surface area (Å²) >= 11 is 0. The molecular weight excluding hydrogens is 329 g/mol. The van der Waals surface area contributed by atoms with E-state index in [-0.39, 0.29) is 11.8 Å². The average Bonchev–Trinajstić information content (AvgIpc) is 2.52. The van der Waals surface area contributed by atoms with E-state index in [0.717, 1.165) is 29.7 Å². The lowest BCUT2D eigenvalue weighted by Crippen LogP contribution is -2.35. The summed E-state index contributed by atoms with van der Waals surface area (Å²) in [6, 6.07) is 9.13. The minimum atomic E-state index is -5.02. The highest BCUT2D eigenvalue weighted by Gasteiger charge is 2.33. The topological polar surface area (TPSA) is 95.9 Å². The van der Waals surface area contributed by atoms with E-state index in [2.05, 4.69) is 22.5 Å². The van der Waals surface area contributed by atoms with Crippen LogP contribution in [0.4, 0.5) is 0 Å². The molecule has 2 unspecified atom stereocenters. The number of phosphoric acid groups is 1. The maximum Gasteiger partial charge on any atom is 0.317 e. The Labute approximate surface area is 139 Å². The summed E-state index contributed by atoms with van der Waals surface area (Å²) in [6.45, 7) is 0.964. The fraction of sp³-hybridized carbons (Fsp3) is 0.294. The molecule has 0 aromatic heterocycles. The van der Waals surface area contributed by atoms with Crippen LogP contribution in [0.1, 0.15) is 22.7 Å². The molecule has 0 bridgehead atoms. The van der Waals surface area contributed by atoms with Crippen molar-refractivity contribution in [3.63, 3.8) is 0 Å². The minimum Gasteiger partial charge on any atom is -0.870 e. The Morgan fingerprint density at radius 3 is 2.83 bits per heavy atom. The standard InChI is InChI=1S/C17H18NO5P/c1-18-8-7-10-3-2-4-12-15(10)13(18)9-11-5-6-14(17(19)16(11)12)23-24(20,21)22/h2-6,13,19H,7-9H2,1H3,(H2,20,21,22)/p-2. The van der Waals surface area contributed by atoms with E-state index in [4.69, 9.17) is 4.89 Å². The summed E-state index contributed by atoms with van der Waals surface area (Å²) in [5.74, 6) is -0.868. The summed E-state index contributed by atoms with van der Waals surface area (Å²) in [5, 5.41) is 12.8. The second kappa shape index (κ2) is 5.33. The van der Waals surface area contributed by atoms with Crippen molar-refractivity contribution in [3.05, 3.63) is 47.0 Å². The lowest BCUT2D eigenvalue weighted by Gasteiger charge is -2.41. The molecule has 0 amide bonds. The Hall–Kier alpha value is -1.85. The van der Waals surface area contributed by atoms with Gasteiger partial charge in [-0.2, -0.15) is 0 Å². The van der Waals surface area contributed by atoms with Gasteiger partial charge < -0.3 is 19.4 Å². The number of hydrogen-bond acceptors (Lipinski definition) is 5. The van der Waals surface area contributed by atoms with Crippen LogP contribution in [0, 0.1) is 0 Å². The van der Waals surface area contributed by atoms with Gasteiger partial charge in [-0.05, 0) is 53.8 Å². The second-order valence-electron chi connectivity index (χ2n) is 6.32. The van der Waals surface area contributed by atoms with Crippen molar-refractivity contribution in [3.8, 4) is 22.6 Å². The molecule has 2 aromatic rings. The Morgan fingerprint density at radius 2 is 2.08 bits per heavy atom. The summed E-state index contributed by atoms with van der Waals surface area (Å²) < 4.78 is 15.5. The zero-order chi connectivity index (χ0) is 17.1. The smallest absolute Gasteiger partial charge is 0.317 e. The highest BCUT2D eigenvalue weighted by molar-refractivity contribution is 7.45. The Bertz CT molecular complexity index is 876. The summed E-state index contributed by atoms with van der Waals surface area (Å²) in [5.41, 5.74) is 4.55. The zero-order valence-corrected chi connectivity index (χ0v) is 14.0. The molecule has 1 aliphatic heterocycles.